The zero-order valence-electron chi connectivity index (χ0n) is 14.3. The molecule has 136 valence electrons. The van der Waals surface area contributed by atoms with E-state index in [0.717, 1.165) is 25.5 Å². The van der Waals surface area contributed by atoms with Crippen LogP contribution in [0.2, 0.25) is 0 Å². The first-order valence-corrected chi connectivity index (χ1v) is 10.4. The van der Waals surface area contributed by atoms with Gasteiger partial charge in [-0.15, -0.1) is 24.0 Å². The molecule has 2 unspecified atom stereocenters. The molecule has 0 aliphatic carbocycles. The smallest absolute Gasteiger partial charge is 0.191 e. The minimum Gasteiger partial charge on any atom is -0.357 e. The van der Waals surface area contributed by atoms with Gasteiger partial charge >= 0.3 is 0 Å². The molecule has 0 aromatic carbocycles. The van der Waals surface area contributed by atoms with Crippen molar-refractivity contribution in [3.05, 3.63) is 0 Å². The maximum Gasteiger partial charge on any atom is 0.191 e. The van der Waals surface area contributed by atoms with Gasteiger partial charge in [0.2, 0.25) is 0 Å². The third kappa shape index (κ3) is 6.74. The third-order valence-corrected chi connectivity index (χ3v) is 6.27. The van der Waals surface area contributed by atoms with E-state index in [0.29, 0.717) is 12.5 Å². The van der Waals surface area contributed by atoms with E-state index in [9.17, 15) is 8.42 Å². The van der Waals surface area contributed by atoms with E-state index in [1.165, 1.54) is 25.9 Å². The van der Waals surface area contributed by atoms with Gasteiger partial charge in [-0.1, -0.05) is 6.92 Å². The summed E-state index contributed by atoms with van der Waals surface area (Å²) in [7, 11) is -2.86. The van der Waals surface area contributed by atoms with Gasteiger partial charge in [0.1, 0.15) is 0 Å². The molecule has 0 aromatic heterocycles. The highest BCUT2D eigenvalue weighted by Crippen LogP contribution is 2.14. The Morgan fingerprint density at radius 3 is 2.52 bits per heavy atom. The van der Waals surface area contributed by atoms with Crippen LogP contribution in [0.3, 0.4) is 0 Å². The maximum atomic E-state index is 11.6. The summed E-state index contributed by atoms with van der Waals surface area (Å²) in [4.78, 5) is 7.22. The zero-order chi connectivity index (χ0) is 16.0. The van der Waals surface area contributed by atoms with Crippen LogP contribution in [0, 0.1) is 0 Å². The molecule has 0 bridgehead atoms. The molecule has 2 rings (SSSR count). The van der Waals surface area contributed by atoms with E-state index in [1.807, 2.05) is 6.92 Å². The number of aliphatic imine (C=N–C) groups is 1. The van der Waals surface area contributed by atoms with Crippen LogP contribution in [0.15, 0.2) is 4.99 Å². The van der Waals surface area contributed by atoms with E-state index < -0.39 is 9.84 Å². The molecule has 0 radical (unpaired) electrons. The first-order valence-electron chi connectivity index (χ1n) is 8.53. The molecule has 2 heterocycles. The molecule has 2 aliphatic rings. The number of hydrogen-bond donors (Lipinski definition) is 2. The van der Waals surface area contributed by atoms with Gasteiger partial charge in [0.05, 0.1) is 18.1 Å². The van der Waals surface area contributed by atoms with Crippen molar-refractivity contribution in [2.45, 2.75) is 51.6 Å². The van der Waals surface area contributed by atoms with Crippen LogP contribution in [-0.2, 0) is 9.84 Å². The molecule has 0 saturated carbocycles. The second kappa shape index (κ2) is 10.0. The summed E-state index contributed by atoms with van der Waals surface area (Å²) >= 11 is 0. The highest BCUT2D eigenvalue weighted by Gasteiger charge is 2.28. The van der Waals surface area contributed by atoms with Crippen molar-refractivity contribution in [3.63, 3.8) is 0 Å². The van der Waals surface area contributed by atoms with E-state index >= 15 is 0 Å². The molecule has 2 fully saturated rings. The largest absolute Gasteiger partial charge is 0.357 e. The average Bonchev–Trinajstić information content (AvgIpc) is 3.10. The molecule has 0 aromatic rings. The van der Waals surface area contributed by atoms with Crippen molar-refractivity contribution in [1.29, 1.82) is 0 Å². The van der Waals surface area contributed by atoms with Gasteiger partial charge in [0.25, 0.3) is 0 Å². The van der Waals surface area contributed by atoms with Crippen molar-refractivity contribution >= 4 is 39.8 Å². The average molecular weight is 458 g/mol. The molecule has 0 spiro atoms. The minimum absolute atomic E-state index is 0. The van der Waals surface area contributed by atoms with Crippen LogP contribution in [0.25, 0.3) is 0 Å². The summed E-state index contributed by atoms with van der Waals surface area (Å²) in [6.07, 6.45) is 4.35. The lowest BCUT2D eigenvalue weighted by atomic mass is 10.2. The molecule has 2 atom stereocenters. The van der Waals surface area contributed by atoms with E-state index in [-0.39, 0.29) is 41.5 Å². The van der Waals surface area contributed by atoms with E-state index in [1.54, 1.807) is 0 Å². The number of halogens is 1. The van der Waals surface area contributed by atoms with Crippen LogP contribution in [0.1, 0.15) is 39.5 Å². The van der Waals surface area contributed by atoms with Crippen molar-refractivity contribution in [3.8, 4) is 0 Å². The molecular weight excluding hydrogens is 427 g/mol. The Labute approximate surface area is 157 Å². The molecule has 8 heteroatoms. The van der Waals surface area contributed by atoms with Crippen LogP contribution >= 0.6 is 24.0 Å². The zero-order valence-corrected chi connectivity index (χ0v) is 17.4. The SMILES string of the molecule is CCNC(=NCC(CC)N1CCCC1)NC1CCS(=O)(=O)C1.I. The Balaban J connectivity index is 0.00000264. The highest BCUT2D eigenvalue weighted by molar-refractivity contribution is 14.0. The minimum atomic E-state index is -2.86. The lowest BCUT2D eigenvalue weighted by Gasteiger charge is -2.25. The fourth-order valence-corrected chi connectivity index (χ4v) is 4.90. The van der Waals surface area contributed by atoms with Crippen molar-refractivity contribution in [2.24, 2.45) is 4.99 Å². The summed E-state index contributed by atoms with van der Waals surface area (Å²) in [5, 5.41) is 6.52. The Bertz CT molecular complexity index is 478. The molecule has 6 nitrogen and oxygen atoms in total. The molecule has 0 amide bonds. The normalized spacial score (nSPS) is 25.8. The topological polar surface area (TPSA) is 73.8 Å². The first-order chi connectivity index (χ1) is 10.5. The standard InChI is InChI=1S/C15H30N4O2S.HI/c1-3-14(19-8-5-6-9-19)11-17-15(16-4-2)18-13-7-10-22(20,21)12-13;/h13-14H,3-12H2,1-2H3,(H2,16,17,18);1H. The molecule has 2 N–H and O–H groups in total. The number of guanidine groups is 1. The fourth-order valence-electron chi connectivity index (χ4n) is 3.23. The van der Waals surface area contributed by atoms with E-state index in [4.69, 9.17) is 4.99 Å². The third-order valence-electron chi connectivity index (χ3n) is 4.51. The second-order valence-electron chi connectivity index (χ2n) is 6.27. The Morgan fingerprint density at radius 1 is 1.30 bits per heavy atom. The number of rotatable bonds is 6. The van der Waals surface area contributed by atoms with Crippen LogP contribution in [0.4, 0.5) is 0 Å². The number of likely N-dealkylation sites (tertiary alicyclic amines) is 1. The number of nitrogens with zero attached hydrogens (tertiary/aromatic N) is 2. The Kier molecular flexibility index (Phi) is 9.13. The summed E-state index contributed by atoms with van der Waals surface area (Å²) in [5.41, 5.74) is 0. The van der Waals surface area contributed by atoms with Gasteiger partial charge in [-0.25, -0.2) is 8.42 Å². The van der Waals surface area contributed by atoms with Gasteiger partial charge in [0.15, 0.2) is 15.8 Å². The quantitative estimate of drug-likeness (QED) is 0.356. The molecule has 23 heavy (non-hydrogen) atoms. The summed E-state index contributed by atoms with van der Waals surface area (Å²) in [5.74, 6) is 1.26. The van der Waals surface area contributed by atoms with Crippen LogP contribution in [0.5, 0.6) is 0 Å². The van der Waals surface area contributed by atoms with Gasteiger partial charge in [-0.3, -0.25) is 9.89 Å². The first kappa shape index (κ1) is 21.0. The highest BCUT2D eigenvalue weighted by atomic mass is 127. The second-order valence-corrected chi connectivity index (χ2v) is 8.50. The molecule has 2 saturated heterocycles. The van der Waals surface area contributed by atoms with Crippen LogP contribution in [-0.4, -0.2) is 69.0 Å². The van der Waals surface area contributed by atoms with Crippen molar-refractivity contribution < 1.29 is 8.42 Å². The van der Waals surface area contributed by atoms with Gasteiger partial charge in [0, 0.05) is 18.6 Å². The maximum absolute atomic E-state index is 11.6. The van der Waals surface area contributed by atoms with Crippen LogP contribution < -0.4 is 10.6 Å². The Hall–Kier alpha value is -0.0900. The Morgan fingerprint density at radius 2 is 2.00 bits per heavy atom. The molecular formula is C15H31IN4O2S. The monoisotopic (exact) mass is 458 g/mol. The van der Waals surface area contributed by atoms with E-state index in [2.05, 4.69) is 22.5 Å². The summed E-state index contributed by atoms with van der Waals surface area (Å²) in [6, 6.07) is 0.486. The fraction of sp³-hybridized carbons (Fsp3) is 0.933. The predicted molar refractivity (Wildman–Crippen MR) is 106 cm³/mol. The van der Waals surface area contributed by atoms with Gasteiger partial charge in [-0.2, -0.15) is 0 Å². The lowest BCUT2D eigenvalue weighted by molar-refractivity contribution is 0.242. The lowest BCUT2D eigenvalue weighted by Crippen LogP contribution is -2.45. The predicted octanol–water partition coefficient (Wildman–Crippen LogP) is 1.22. The van der Waals surface area contributed by atoms with Gasteiger partial charge < -0.3 is 10.6 Å². The van der Waals surface area contributed by atoms with Crippen molar-refractivity contribution in [2.75, 3.05) is 37.7 Å². The van der Waals surface area contributed by atoms with Crippen molar-refractivity contribution in [1.82, 2.24) is 15.5 Å². The number of sulfone groups is 1. The summed E-state index contributed by atoms with van der Waals surface area (Å²) < 4.78 is 23.1. The molecule has 2 aliphatic heterocycles. The number of hydrogen-bond acceptors (Lipinski definition) is 4. The number of nitrogens with one attached hydrogen (secondary N) is 2. The van der Waals surface area contributed by atoms with Gasteiger partial charge in [-0.05, 0) is 45.7 Å². The summed E-state index contributed by atoms with van der Waals surface area (Å²) in [6.45, 7) is 8.15.